The van der Waals surface area contributed by atoms with Crippen molar-refractivity contribution < 1.29 is 9.53 Å². The second-order valence-corrected chi connectivity index (χ2v) is 6.17. The summed E-state index contributed by atoms with van der Waals surface area (Å²) in [7, 11) is 0. The topological polar surface area (TPSA) is 50.7 Å². The van der Waals surface area contributed by atoms with Crippen LogP contribution in [0.25, 0.3) is 0 Å². The van der Waals surface area contributed by atoms with Gasteiger partial charge in [0.25, 0.3) is 11.9 Å². The third-order valence-corrected chi connectivity index (χ3v) is 3.58. The zero-order valence-electron chi connectivity index (χ0n) is 11.4. The van der Waals surface area contributed by atoms with Crippen LogP contribution in [0.4, 0.5) is 0 Å². The van der Waals surface area contributed by atoms with Crippen molar-refractivity contribution in [2.24, 2.45) is 16.8 Å². The molecule has 1 N–H and O–H groups in total. The molecule has 1 aromatic rings. The number of amidine groups is 1. The Kier molecular flexibility index (Phi) is 4.96. The molecule has 19 heavy (non-hydrogen) atoms. The molecule has 1 saturated carbocycles. The first kappa shape index (κ1) is 14.1. The van der Waals surface area contributed by atoms with Gasteiger partial charge in [0.1, 0.15) is 0 Å². The van der Waals surface area contributed by atoms with Crippen LogP contribution in [0.5, 0.6) is 0 Å². The first-order valence-corrected chi connectivity index (χ1v) is 7.55. The van der Waals surface area contributed by atoms with Gasteiger partial charge in [0, 0.05) is 6.54 Å². The molecule has 1 amide bonds. The van der Waals surface area contributed by atoms with Crippen LogP contribution >= 0.6 is 11.3 Å². The third kappa shape index (κ3) is 5.03. The number of hydrogen-bond acceptors (Lipinski definition) is 4. The van der Waals surface area contributed by atoms with E-state index in [0.717, 1.165) is 6.54 Å². The second kappa shape index (κ2) is 6.70. The van der Waals surface area contributed by atoms with Gasteiger partial charge in [-0.1, -0.05) is 19.9 Å². The van der Waals surface area contributed by atoms with Gasteiger partial charge in [-0.25, -0.2) is 4.99 Å². The molecular formula is C14H20N2O2S. The molecule has 1 aliphatic rings. The molecule has 1 aromatic heterocycles. The van der Waals surface area contributed by atoms with E-state index in [2.05, 4.69) is 24.2 Å². The van der Waals surface area contributed by atoms with Gasteiger partial charge >= 0.3 is 0 Å². The Bertz CT molecular complexity index is 436. The first-order chi connectivity index (χ1) is 9.15. The van der Waals surface area contributed by atoms with E-state index in [1.165, 1.54) is 24.2 Å². The van der Waals surface area contributed by atoms with Gasteiger partial charge in [0.15, 0.2) is 0 Å². The quantitative estimate of drug-likeness (QED) is 0.666. The average molecular weight is 280 g/mol. The van der Waals surface area contributed by atoms with Crippen LogP contribution in [0.15, 0.2) is 22.5 Å². The fraction of sp³-hybridized carbons (Fsp3) is 0.571. The van der Waals surface area contributed by atoms with Gasteiger partial charge in [0.05, 0.1) is 11.5 Å². The maximum Gasteiger partial charge on any atom is 0.291 e. The summed E-state index contributed by atoms with van der Waals surface area (Å²) in [4.78, 5) is 17.0. The fourth-order valence-corrected chi connectivity index (χ4v) is 2.06. The van der Waals surface area contributed by atoms with Gasteiger partial charge < -0.3 is 4.74 Å². The number of nitrogens with one attached hydrogen (secondary N) is 1. The average Bonchev–Trinajstić information content (AvgIpc) is 3.03. The van der Waals surface area contributed by atoms with Crippen molar-refractivity contribution in [3.05, 3.63) is 22.4 Å². The molecule has 2 rings (SSSR count). The van der Waals surface area contributed by atoms with Gasteiger partial charge in [-0.05, 0) is 36.1 Å². The Morgan fingerprint density at radius 2 is 2.37 bits per heavy atom. The predicted molar refractivity (Wildman–Crippen MR) is 77.6 cm³/mol. The van der Waals surface area contributed by atoms with Gasteiger partial charge in [0.2, 0.25) is 0 Å². The predicted octanol–water partition coefficient (Wildman–Crippen LogP) is 2.92. The molecule has 1 aliphatic carbocycles. The number of carbonyl (C=O) groups is 1. The minimum atomic E-state index is -0.145. The molecule has 1 heterocycles. The van der Waals surface area contributed by atoms with Crippen molar-refractivity contribution in [1.82, 2.24) is 5.32 Å². The molecular weight excluding hydrogens is 260 g/mol. The number of thiophene rings is 1. The molecule has 1 fully saturated rings. The molecule has 0 aromatic carbocycles. The number of hydrogen-bond donors (Lipinski definition) is 1. The minimum Gasteiger partial charge on any atom is -0.465 e. The van der Waals surface area contributed by atoms with E-state index < -0.39 is 0 Å². The van der Waals surface area contributed by atoms with Crippen LogP contribution in [0.3, 0.4) is 0 Å². The molecule has 4 nitrogen and oxygen atoms in total. The van der Waals surface area contributed by atoms with E-state index in [1.807, 2.05) is 11.4 Å². The van der Waals surface area contributed by atoms with E-state index in [9.17, 15) is 4.79 Å². The largest absolute Gasteiger partial charge is 0.465 e. The van der Waals surface area contributed by atoms with E-state index in [1.54, 1.807) is 6.07 Å². The lowest BCUT2D eigenvalue weighted by Crippen LogP contribution is -2.33. The number of ether oxygens (including phenoxy) is 1. The molecule has 0 unspecified atom stereocenters. The van der Waals surface area contributed by atoms with E-state index in [-0.39, 0.29) is 5.91 Å². The summed E-state index contributed by atoms with van der Waals surface area (Å²) in [6, 6.07) is 4.01. The molecule has 5 heteroatoms. The zero-order valence-corrected chi connectivity index (χ0v) is 12.2. The number of carbonyl (C=O) groups excluding carboxylic acids is 1. The molecule has 104 valence electrons. The van der Waals surface area contributed by atoms with Crippen LogP contribution in [0, 0.1) is 11.8 Å². The highest BCUT2D eigenvalue weighted by atomic mass is 32.1. The lowest BCUT2D eigenvalue weighted by Gasteiger charge is -2.11. The van der Waals surface area contributed by atoms with E-state index in [4.69, 9.17) is 4.74 Å². The Morgan fingerprint density at radius 1 is 1.58 bits per heavy atom. The van der Waals surface area contributed by atoms with E-state index in [0.29, 0.717) is 29.3 Å². The smallest absolute Gasteiger partial charge is 0.291 e. The Labute approximate surface area is 117 Å². The third-order valence-electron chi connectivity index (χ3n) is 2.71. The summed E-state index contributed by atoms with van der Waals surface area (Å²) >= 11 is 1.41. The van der Waals surface area contributed by atoms with Gasteiger partial charge in [-0.2, -0.15) is 0 Å². The Hall–Kier alpha value is -1.36. The van der Waals surface area contributed by atoms with Crippen molar-refractivity contribution in [2.75, 3.05) is 13.2 Å². The standard InChI is InChI=1S/C14H20N2O2S/c1-10(2)9-18-14(15-8-11-5-6-11)16-13(17)12-4-3-7-19-12/h3-4,7,10-11H,5-6,8-9H2,1-2H3,(H,15,16,17). The number of rotatable bonds is 5. The van der Waals surface area contributed by atoms with Crippen molar-refractivity contribution in [1.29, 1.82) is 0 Å². The molecule has 0 spiro atoms. The zero-order chi connectivity index (χ0) is 13.7. The minimum absolute atomic E-state index is 0.145. The van der Waals surface area contributed by atoms with Gasteiger partial charge in [-0.15, -0.1) is 11.3 Å². The lowest BCUT2D eigenvalue weighted by atomic mass is 10.2. The molecule has 0 saturated heterocycles. The molecule has 0 atom stereocenters. The Morgan fingerprint density at radius 3 is 2.95 bits per heavy atom. The van der Waals surface area contributed by atoms with Gasteiger partial charge in [-0.3, -0.25) is 10.1 Å². The Balaban J connectivity index is 1.91. The summed E-state index contributed by atoms with van der Waals surface area (Å²) in [6.45, 7) is 5.45. The second-order valence-electron chi connectivity index (χ2n) is 5.23. The van der Waals surface area contributed by atoms with Crippen LogP contribution in [-0.4, -0.2) is 25.1 Å². The van der Waals surface area contributed by atoms with Crippen molar-refractivity contribution >= 4 is 23.3 Å². The number of amides is 1. The first-order valence-electron chi connectivity index (χ1n) is 6.67. The SMILES string of the molecule is CC(C)COC(=NCC1CC1)NC(=O)c1cccs1. The van der Waals surface area contributed by atoms with Crippen LogP contribution < -0.4 is 5.32 Å². The number of aliphatic imine (C=N–C) groups is 1. The highest BCUT2D eigenvalue weighted by Gasteiger charge is 2.21. The highest BCUT2D eigenvalue weighted by molar-refractivity contribution is 7.12. The van der Waals surface area contributed by atoms with Crippen molar-refractivity contribution in [3.63, 3.8) is 0 Å². The maximum absolute atomic E-state index is 12.0. The van der Waals surface area contributed by atoms with Crippen LogP contribution in [-0.2, 0) is 4.74 Å². The van der Waals surface area contributed by atoms with E-state index >= 15 is 0 Å². The normalized spacial score (nSPS) is 15.6. The summed E-state index contributed by atoms with van der Waals surface area (Å²) in [5.41, 5.74) is 0. The van der Waals surface area contributed by atoms with Crippen LogP contribution in [0.2, 0.25) is 0 Å². The van der Waals surface area contributed by atoms with Crippen molar-refractivity contribution in [3.8, 4) is 0 Å². The summed E-state index contributed by atoms with van der Waals surface area (Å²) in [5, 5.41) is 4.64. The highest BCUT2D eigenvalue weighted by Crippen LogP contribution is 2.28. The monoisotopic (exact) mass is 280 g/mol. The lowest BCUT2D eigenvalue weighted by molar-refractivity contribution is 0.0967. The number of nitrogens with zero attached hydrogens (tertiary/aromatic N) is 1. The molecule has 0 aliphatic heterocycles. The fourth-order valence-electron chi connectivity index (χ4n) is 1.45. The summed E-state index contributed by atoms with van der Waals surface area (Å²) in [5.74, 6) is 0.939. The van der Waals surface area contributed by atoms with Crippen LogP contribution in [0.1, 0.15) is 36.4 Å². The van der Waals surface area contributed by atoms with Crippen molar-refractivity contribution in [2.45, 2.75) is 26.7 Å². The molecule has 0 bridgehead atoms. The maximum atomic E-state index is 12.0. The molecule has 0 radical (unpaired) electrons. The summed E-state index contributed by atoms with van der Waals surface area (Å²) < 4.78 is 5.57. The summed E-state index contributed by atoms with van der Waals surface area (Å²) in [6.07, 6.45) is 2.47.